The van der Waals surface area contributed by atoms with Gasteiger partial charge in [-0.15, -0.1) is 0 Å². The van der Waals surface area contributed by atoms with Crippen molar-refractivity contribution in [1.82, 2.24) is 0 Å². The van der Waals surface area contributed by atoms with Crippen molar-refractivity contribution in [2.75, 3.05) is 46.2 Å². The molecule has 0 heterocycles. The average molecular weight is 282 g/mol. The molecule has 2 atom stereocenters. The fourth-order valence-corrected chi connectivity index (χ4v) is 1.09. The summed E-state index contributed by atoms with van der Waals surface area (Å²) in [7, 11) is 0. The number of amides is 1. The Hall–Kier alpha value is -0.960. The third-order valence-electron chi connectivity index (χ3n) is 2.01. The number of hydrogen-bond acceptors (Lipinski definition) is 6. The molecule has 4 N–H and O–H groups in total. The summed E-state index contributed by atoms with van der Waals surface area (Å²) >= 11 is 0. The number of carbonyl (C=O) groups excluding carboxylic acids is 1. The van der Waals surface area contributed by atoms with Gasteiger partial charge >= 0.3 is 6.09 Å². The first-order valence-electron chi connectivity index (χ1n) is 6.09. The van der Waals surface area contributed by atoms with Gasteiger partial charge in [0.1, 0.15) is 12.8 Å². The molecule has 0 spiro atoms. The van der Waals surface area contributed by atoms with Gasteiger partial charge in [0.15, 0.2) is 0 Å². The van der Waals surface area contributed by atoms with Gasteiger partial charge in [0, 0.05) is 6.54 Å². The van der Waals surface area contributed by atoms with E-state index in [9.17, 15) is 9.18 Å². The summed E-state index contributed by atoms with van der Waals surface area (Å²) in [5, 5.41) is 0. The first-order chi connectivity index (χ1) is 9.06. The molecule has 0 rings (SSSR count). The van der Waals surface area contributed by atoms with Crippen molar-refractivity contribution in [3.63, 3.8) is 0 Å². The highest BCUT2D eigenvalue weighted by Crippen LogP contribution is 1.95. The minimum Gasteiger partial charge on any atom is -0.447 e. The van der Waals surface area contributed by atoms with Crippen LogP contribution < -0.4 is 11.5 Å². The Morgan fingerprint density at radius 2 is 1.84 bits per heavy atom. The summed E-state index contributed by atoms with van der Waals surface area (Å²) < 4.78 is 32.7. The number of carbonyl (C=O) groups is 1. The molecule has 0 radical (unpaired) electrons. The van der Waals surface area contributed by atoms with Crippen molar-refractivity contribution >= 4 is 6.09 Å². The van der Waals surface area contributed by atoms with Gasteiger partial charge in [-0.25, -0.2) is 9.18 Å². The highest BCUT2D eigenvalue weighted by Gasteiger charge is 2.06. The van der Waals surface area contributed by atoms with E-state index in [1.165, 1.54) is 0 Å². The molecule has 0 aromatic rings. The zero-order chi connectivity index (χ0) is 14.5. The van der Waals surface area contributed by atoms with Crippen LogP contribution in [0.3, 0.4) is 0 Å². The number of ether oxygens (including phenoxy) is 4. The van der Waals surface area contributed by atoms with Crippen molar-refractivity contribution in [2.45, 2.75) is 19.2 Å². The van der Waals surface area contributed by atoms with Gasteiger partial charge in [0.2, 0.25) is 0 Å². The number of hydrogen-bond donors (Lipinski definition) is 2. The number of alkyl halides is 1. The minimum atomic E-state index is -1.14. The molecular formula is C11H23FN2O5. The second-order valence-electron chi connectivity index (χ2n) is 3.83. The van der Waals surface area contributed by atoms with Gasteiger partial charge < -0.3 is 30.4 Å². The van der Waals surface area contributed by atoms with Gasteiger partial charge in [0.05, 0.1) is 39.1 Å². The van der Waals surface area contributed by atoms with Gasteiger partial charge in [0.25, 0.3) is 0 Å². The molecule has 8 heteroatoms. The van der Waals surface area contributed by atoms with E-state index in [-0.39, 0.29) is 32.5 Å². The van der Waals surface area contributed by atoms with Crippen molar-refractivity contribution in [3.05, 3.63) is 0 Å². The lowest BCUT2D eigenvalue weighted by atomic mass is 10.4. The number of halogens is 1. The number of primary amides is 1. The molecule has 0 fully saturated rings. The van der Waals surface area contributed by atoms with E-state index in [1.54, 1.807) is 0 Å². The van der Waals surface area contributed by atoms with E-state index < -0.39 is 12.3 Å². The smallest absolute Gasteiger partial charge is 0.404 e. The van der Waals surface area contributed by atoms with E-state index in [2.05, 4.69) is 4.74 Å². The van der Waals surface area contributed by atoms with Gasteiger partial charge in [-0.3, -0.25) is 0 Å². The Balaban J connectivity index is 3.24. The van der Waals surface area contributed by atoms with Gasteiger partial charge in [-0.2, -0.15) is 0 Å². The Morgan fingerprint density at radius 3 is 2.47 bits per heavy atom. The van der Waals surface area contributed by atoms with E-state index in [0.717, 1.165) is 0 Å². The van der Waals surface area contributed by atoms with Crippen LogP contribution in [0.5, 0.6) is 0 Å². The van der Waals surface area contributed by atoms with Crippen molar-refractivity contribution < 1.29 is 28.1 Å². The van der Waals surface area contributed by atoms with Crippen molar-refractivity contribution in [2.24, 2.45) is 11.5 Å². The maximum atomic E-state index is 12.7. The molecule has 0 aromatic heterocycles. The van der Waals surface area contributed by atoms with Gasteiger partial charge in [-0.05, 0) is 6.92 Å². The Bertz CT molecular complexity index is 233. The molecule has 7 nitrogen and oxygen atoms in total. The van der Waals surface area contributed by atoms with Gasteiger partial charge in [-0.1, -0.05) is 0 Å². The third-order valence-corrected chi connectivity index (χ3v) is 2.01. The fourth-order valence-electron chi connectivity index (χ4n) is 1.09. The summed E-state index contributed by atoms with van der Waals surface area (Å²) in [5.41, 5.74) is 9.86. The summed E-state index contributed by atoms with van der Waals surface area (Å²) in [4.78, 5) is 10.2. The van der Waals surface area contributed by atoms with Crippen LogP contribution in [0.2, 0.25) is 0 Å². The lowest BCUT2D eigenvalue weighted by molar-refractivity contribution is -0.0399. The molecule has 0 saturated carbocycles. The van der Waals surface area contributed by atoms with Crippen LogP contribution >= 0.6 is 0 Å². The molecule has 0 bridgehead atoms. The van der Waals surface area contributed by atoms with Crippen molar-refractivity contribution in [1.29, 1.82) is 0 Å². The molecule has 0 aliphatic rings. The monoisotopic (exact) mass is 282 g/mol. The van der Waals surface area contributed by atoms with Crippen LogP contribution in [0.4, 0.5) is 9.18 Å². The van der Waals surface area contributed by atoms with Crippen LogP contribution in [0.25, 0.3) is 0 Å². The largest absolute Gasteiger partial charge is 0.447 e. The zero-order valence-corrected chi connectivity index (χ0v) is 11.2. The van der Waals surface area contributed by atoms with Crippen LogP contribution in [-0.4, -0.2) is 64.6 Å². The Morgan fingerprint density at radius 1 is 1.16 bits per heavy atom. The standard InChI is InChI=1S/C11H23FN2O5/c1-9(7-17-8-10(12)6-13)18-4-2-16-3-5-19-11(14)15/h9-10H,2-8,13H2,1H3,(H2,14,15). The number of rotatable bonds is 12. The topological polar surface area (TPSA) is 106 Å². The summed E-state index contributed by atoms with van der Waals surface area (Å²) in [6, 6.07) is 0. The van der Waals surface area contributed by atoms with E-state index in [1.807, 2.05) is 6.92 Å². The second kappa shape index (κ2) is 12.1. The minimum absolute atomic E-state index is 0.0227. The molecule has 0 aromatic carbocycles. The molecule has 19 heavy (non-hydrogen) atoms. The normalized spacial score (nSPS) is 14.1. The fraction of sp³-hybridized carbons (Fsp3) is 0.909. The van der Waals surface area contributed by atoms with Crippen LogP contribution in [-0.2, 0) is 18.9 Å². The summed E-state index contributed by atoms with van der Waals surface area (Å²) in [6.07, 6.45) is -2.12. The summed E-state index contributed by atoms with van der Waals surface area (Å²) in [6.45, 7) is 3.15. The predicted octanol–water partition coefficient (Wildman–Crippen LogP) is -0.183. The average Bonchev–Trinajstić information content (AvgIpc) is 2.37. The second-order valence-corrected chi connectivity index (χ2v) is 3.83. The van der Waals surface area contributed by atoms with Crippen molar-refractivity contribution in [3.8, 4) is 0 Å². The summed E-state index contributed by atoms with van der Waals surface area (Å²) in [5.74, 6) is 0. The lowest BCUT2D eigenvalue weighted by Crippen LogP contribution is -2.25. The SMILES string of the molecule is CC(COCC(F)CN)OCCOCCOC(N)=O. The Kier molecular flexibility index (Phi) is 11.5. The van der Waals surface area contributed by atoms with Crippen LogP contribution in [0.1, 0.15) is 6.92 Å². The lowest BCUT2D eigenvalue weighted by Gasteiger charge is -2.14. The van der Waals surface area contributed by atoms with Crippen LogP contribution in [0, 0.1) is 0 Å². The first kappa shape index (κ1) is 18.0. The molecule has 2 unspecified atom stereocenters. The highest BCUT2D eigenvalue weighted by molar-refractivity contribution is 5.64. The zero-order valence-electron chi connectivity index (χ0n) is 11.2. The molecule has 0 saturated heterocycles. The van der Waals surface area contributed by atoms with E-state index in [4.69, 9.17) is 25.7 Å². The third kappa shape index (κ3) is 13.3. The molecule has 0 aliphatic carbocycles. The highest BCUT2D eigenvalue weighted by atomic mass is 19.1. The quantitative estimate of drug-likeness (QED) is 0.481. The number of nitrogens with two attached hydrogens (primary N) is 2. The molecular weight excluding hydrogens is 259 g/mol. The molecule has 0 aliphatic heterocycles. The molecule has 114 valence electrons. The maximum Gasteiger partial charge on any atom is 0.404 e. The first-order valence-corrected chi connectivity index (χ1v) is 6.09. The van der Waals surface area contributed by atoms with E-state index in [0.29, 0.717) is 19.8 Å². The maximum absolute atomic E-state index is 12.7. The van der Waals surface area contributed by atoms with E-state index >= 15 is 0 Å². The Labute approximate surface area is 112 Å². The van der Waals surface area contributed by atoms with Crippen LogP contribution in [0.15, 0.2) is 0 Å². The predicted molar refractivity (Wildman–Crippen MR) is 66.5 cm³/mol. The molecule has 1 amide bonds.